The van der Waals surface area contributed by atoms with Gasteiger partial charge in [-0.2, -0.15) is 0 Å². The summed E-state index contributed by atoms with van der Waals surface area (Å²) < 4.78 is 5.47. The first kappa shape index (κ1) is 14.7. The molecule has 0 aromatic rings. The second-order valence-electron chi connectivity index (χ2n) is 5.27. The van der Waals surface area contributed by atoms with Crippen molar-refractivity contribution >= 4 is 18.3 Å². The number of amides is 1. The van der Waals surface area contributed by atoms with Crippen molar-refractivity contribution in [2.75, 3.05) is 39.9 Å². The first-order valence-corrected chi connectivity index (χ1v) is 6.18. The molecule has 17 heavy (non-hydrogen) atoms. The van der Waals surface area contributed by atoms with E-state index in [2.05, 4.69) is 5.32 Å². The number of carbonyl (C=O) groups is 1. The minimum Gasteiger partial charge on any atom is -0.381 e. The monoisotopic (exact) mass is 262 g/mol. The average molecular weight is 263 g/mol. The maximum Gasteiger partial charge on any atom is 0.226 e. The largest absolute Gasteiger partial charge is 0.381 e. The Kier molecular flexibility index (Phi) is 5.22. The van der Waals surface area contributed by atoms with Crippen molar-refractivity contribution in [1.29, 1.82) is 0 Å². The van der Waals surface area contributed by atoms with Crippen molar-refractivity contribution in [2.45, 2.75) is 19.8 Å². The van der Waals surface area contributed by atoms with E-state index in [1.807, 2.05) is 18.9 Å². The summed E-state index contributed by atoms with van der Waals surface area (Å²) in [5.41, 5.74) is 0.287. The number of rotatable bonds is 3. The van der Waals surface area contributed by atoms with Crippen molar-refractivity contribution in [3.8, 4) is 0 Å². The average Bonchev–Trinajstić information content (AvgIpc) is 2.89. The maximum atomic E-state index is 12.1. The Morgan fingerprint density at radius 2 is 2.29 bits per heavy atom. The van der Waals surface area contributed by atoms with E-state index in [4.69, 9.17) is 4.74 Å². The van der Waals surface area contributed by atoms with E-state index in [1.54, 1.807) is 0 Å². The molecule has 2 atom stereocenters. The van der Waals surface area contributed by atoms with E-state index < -0.39 is 0 Å². The smallest absolute Gasteiger partial charge is 0.226 e. The Morgan fingerprint density at radius 1 is 1.53 bits per heavy atom. The third kappa shape index (κ3) is 3.12. The lowest BCUT2D eigenvalue weighted by Crippen LogP contribution is -2.38. The predicted octanol–water partition coefficient (Wildman–Crippen LogP) is 0.903. The molecule has 0 aromatic carbocycles. The van der Waals surface area contributed by atoms with Crippen LogP contribution in [-0.2, 0) is 9.53 Å². The molecule has 1 amide bonds. The summed E-state index contributed by atoms with van der Waals surface area (Å²) in [5, 5.41) is 3.06. The van der Waals surface area contributed by atoms with Crippen LogP contribution in [0.15, 0.2) is 0 Å². The summed E-state index contributed by atoms with van der Waals surface area (Å²) in [6.07, 6.45) is 2.24. The second-order valence-corrected chi connectivity index (χ2v) is 5.27. The molecular formula is C12H23ClN2O2. The third-order valence-electron chi connectivity index (χ3n) is 3.87. The standard InChI is InChI=1S/C12H22N2O2.ClH/c1-10(7-13-2)11(15)14-5-3-12(8-14)4-6-16-9-12;/h10,13H,3-9H2,1-2H3;1H. The first-order chi connectivity index (χ1) is 7.67. The number of carbonyl (C=O) groups excluding carboxylic acids is 1. The molecule has 4 nitrogen and oxygen atoms in total. The van der Waals surface area contributed by atoms with Crippen molar-refractivity contribution < 1.29 is 9.53 Å². The van der Waals surface area contributed by atoms with Crippen LogP contribution >= 0.6 is 12.4 Å². The summed E-state index contributed by atoms with van der Waals surface area (Å²) in [5.74, 6) is 0.376. The van der Waals surface area contributed by atoms with Crippen LogP contribution in [0.4, 0.5) is 0 Å². The van der Waals surface area contributed by atoms with E-state index in [1.165, 1.54) is 0 Å². The second kappa shape index (κ2) is 6.03. The highest BCUT2D eigenvalue weighted by atomic mass is 35.5. The summed E-state index contributed by atoms with van der Waals surface area (Å²) >= 11 is 0. The van der Waals surface area contributed by atoms with Crippen LogP contribution in [-0.4, -0.2) is 50.7 Å². The molecule has 5 heteroatoms. The number of hydrogen-bond donors (Lipinski definition) is 1. The SMILES string of the molecule is CNCC(C)C(=O)N1CCC2(CCOC2)C1.Cl. The maximum absolute atomic E-state index is 12.1. The van der Waals surface area contributed by atoms with Crippen LogP contribution in [0.2, 0.25) is 0 Å². The van der Waals surface area contributed by atoms with Gasteiger partial charge in [0.05, 0.1) is 6.61 Å². The summed E-state index contributed by atoms with van der Waals surface area (Å²) in [6, 6.07) is 0. The molecule has 0 aromatic heterocycles. The van der Waals surface area contributed by atoms with E-state index in [-0.39, 0.29) is 29.6 Å². The molecule has 0 bridgehead atoms. The fraction of sp³-hybridized carbons (Fsp3) is 0.917. The van der Waals surface area contributed by atoms with Crippen LogP contribution in [0.25, 0.3) is 0 Å². The number of hydrogen-bond acceptors (Lipinski definition) is 3. The molecule has 2 unspecified atom stereocenters. The number of likely N-dealkylation sites (tertiary alicyclic amines) is 1. The van der Waals surface area contributed by atoms with Gasteiger partial charge in [-0.15, -0.1) is 12.4 Å². The lowest BCUT2D eigenvalue weighted by atomic mass is 9.87. The van der Waals surface area contributed by atoms with Gasteiger partial charge in [0.2, 0.25) is 5.91 Å². The molecular weight excluding hydrogens is 240 g/mol. The molecule has 1 N–H and O–H groups in total. The normalized spacial score (nSPS) is 29.4. The van der Waals surface area contributed by atoms with Gasteiger partial charge < -0.3 is 15.0 Å². The van der Waals surface area contributed by atoms with Gasteiger partial charge in [-0.1, -0.05) is 6.92 Å². The Bertz CT molecular complexity index is 267. The van der Waals surface area contributed by atoms with Crippen molar-refractivity contribution in [3.63, 3.8) is 0 Å². The van der Waals surface area contributed by atoms with Crippen LogP contribution in [0.3, 0.4) is 0 Å². The van der Waals surface area contributed by atoms with Gasteiger partial charge in [-0.3, -0.25) is 4.79 Å². The Morgan fingerprint density at radius 3 is 2.88 bits per heavy atom. The minimum absolute atomic E-state index is 0. The fourth-order valence-corrected chi connectivity index (χ4v) is 2.80. The minimum atomic E-state index is 0. The number of halogens is 1. The van der Waals surface area contributed by atoms with Gasteiger partial charge in [0.15, 0.2) is 0 Å². The molecule has 0 aliphatic carbocycles. The molecule has 2 saturated heterocycles. The van der Waals surface area contributed by atoms with Crippen molar-refractivity contribution in [1.82, 2.24) is 10.2 Å². The Balaban J connectivity index is 0.00000144. The predicted molar refractivity (Wildman–Crippen MR) is 69.4 cm³/mol. The van der Waals surface area contributed by atoms with Gasteiger partial charge in [0.1, 0.15) is 0 Å². The topological polar surface area (TPSA) is 41.6 Å². The number of ether oxygens (including phenoxy) is 1. The van der Waals surface area contributed by atoms with Crippen LogP contribution < -0.4 is 5.32 Å². The number of nitrogens with zero attached hydrogens (tertiary/aromatic N) is 1. The van der Waals surface area contributed by atoms with Crippen molar-refractivity contribution in [3.05, 3.63) is 0 Å². The molecule has 0 radical (unpaired) electrons. The van der Waals surface area contributed by atoms with E-state index in [0.29, 0.717) is 0 Å². The van der Waals surface area contributed by atoms with Gasteiger partial charge in [0, 0.05) is 37.6 Å². The molecule has 1 spiro atoms. The molecule has 2 aliphatic heterocycles. The fourth-order valence-electron chi connectivity index (χ4n) is 2.80. The molecule has 2 heterocycles. The van der Waals surface area contributed by atoms with Crippen LogP contribution in [0, 0.1) is 11.3 Å². The highest BCUT2D eigenvalue weighted by Gasteiger charge is 2.43. The highest BCUT2D eigenvalue weighted by molar-refractivity contribution is 5.85. The molecule has 2 fully saturated rings. The lowest BCUT2D eigenvalue weighted by Gasteiger charge is -2.24. The van der Waals surface area contributed by atoms with Gasteiger partial charge >= 0.3 is 0 Å². The van der Waals surface area contributed by atoms with Gasteiger partial charge in [-0.05, 0) is 19.9 Å². The molecule has 0 saturated carbocycles. The Labute approximate surface area is 109 Å². The third-order valence-corrected chi connectivity index (χ3v) is 3.87. The van der Waals surface area contributed by atoms with E-state index in [9.17, 15) is 4.79 Å². The Hall–Kier alpha value is -0.320. The summed E-state index contributed by atoms with van der Waals surface area (Å²) in [4.78, 5) is 14.1. The number of nitrogens with one attached hydrogen (secondary N) is 1. The van der Waals surface area contributed by atoms with Gasteiger partial charge in [-0.25, -0.2) is 0 Å². The molecule has 2 rings (SSSR count). The summed E-state index contributed by atoms with van der Waals surface area (Å²) in [6.45, 7) is 6.29. The van der Waals surface area contributed by atoms with Crippen molar-refractivity contribution in [2.24, 2.45) is 11.3 Å². The first-order valence-electron chi connectivity index (χ1n) is 6.18. The zero-order valence-corrected chi connectivity index (χ0v) is 11.5. The molecule has 2 aliphatic rings. The summed E-state index contributed by atoms with van der Waals surface area (Å²) in [7, 11) is 1.89. The van der Waals surface area contributed by atoms with Crippen LogP contribution in [0.5, 0.6) is 0 Å². The lowest BCUT2D eigenvalue weighted by molar-refractivity contribution is -0.134. The zero-order chi connectivity index (χ0) is 11.6. The quantitative estimate of drug-likeness (QED) is 0.822. The van der Waals surface area contributed by atoms with Crippen LogP contribution in [0.1, 0.15) is 19.8 Å². The zero-order valence-electron chi connectivity index (χ0n) is 10.7. The van der Waals surface area contributed by atoms with E-state index in [0.717, 1.165) is 45.7 Å². The highest BCUT2D eigenvalue weighted by Crippen LogP contribution is 2.38. The van der Waals surface area contributed by atoms with E-state index >= 15 is 0 Å². The molecule has 100 valence electrons. The van der Waals surface area contributed by atoms with Gasteiger partial charge in [0.25, 0.3) is 0 Å².